The lowest BCUT2D eigenvalue weighted by Gasteiger charge is -2.24. The third-order valence-electron chi connectivity index (χ3n) is 5.59. The van der Waals surface area contributed by atoms with E-state index in [0.29, 0.717) is 6.42 Å². The van der Waals surface area contributed by atoms with Gasteiger partial charge in [0, 0.05) is 33.8 Å². The van der Waals surface area contributed by atoms with Gasteiger partial charge in [-0.2, -0.15) is 0 Å². The van der Waals surface area contributed by atoms with Crippen molar-refractivity contribution in [2.75, 3.05) is 21.3 Å². The van der Waals surface area contributed by atoms with Gasteiger partial charge < -0.3 is 13.3 Å². The molecule has 0 heterocycles. The minimum absolute atomic E-state index is 0.0811. The zero-order valence-electron chi connectivity index (χ0n) is 18.8. The Hall–Kier alpha value is -0.0431. The van der Waals surface area contributed by atoms with E-state index in [4.69, 9.17) is 13.3 Å². The monoisotopic (exact) mass is 424 g/mol. The van der Waals surface area contributed by atoms with Gasteiger partial charge in [-0.25, -0.2) is 8.78 Å². The molecule has 0 amide bonds. The summed E-state index contributed by atoms with van der Waals surface area (Å²) in [5.41, 5.74) is 0. The van der Waals surface area contributed by atoms with Gasteiger partial charge in [-0.1, -0.05) is 89.9 Å². The van der Waals surface area contributed by atoms with Crippen LogP contribution < -0.4 is 0 Å². The van der Waals surface area contributed by atoms with Gasteiger partial charge in [0.25, 0.3) is 0 Å². The molecular formula is C22H46F2O3Si. The first-order valence-corrected chi connectivity index (χ1v) is 13.5. The summed E-state index contributed by atoms with van der Waals surface area (Å²) in [6.45, 7) is 0. The van der Waals surface area contributed by atoms with Crippen molar-refractivity contribution < 1.29 is 22.1 Å². The van der Waals surface area contributed by atoms with Crippen LogP contribution in [0.25, 0.3) is 0 Å². The maximum atomic E-state index is 12.0. The molecule has 0 aromatic rings. The average molecular weight is 425 g/mol. The molecule has 0 rings (SSSR count). The number of hydrogen-bond donors (Lipinski definition) is 0. The first-order chi connectivity index (χ1) is 13.6. The van der Waals surface area contributed by atoms with Gasteiger partial charge >= 0.3 is 8.80 Å². The fourth-order valence-electron chi connectivity index (χ4n) is 3.67. The predicted octanol–water partition coefficient (Wildman–Crippen LogP) is 7.76. The molecule has 170 valence electrons. The smallest absolute Gasteiger partial charge is 0.377 e. The molecule has 6 heteroatoms. The van der Waals surface area contributed by atoms with Crippen molar-refractivity contribution in [3.05, 3.63) is 0 Å². The molecule has 0 aromatic carbocycles. The van der Waals surface area contributed by atoms with Crippen LogP contribution >= 0.6 is 0 Å². The van der Waals surface area contributed by atoms with E-state index in [1.54, 1.807) is 21.3 Å². The predicted molar refractivity (Wildman–Crippen MR) is 116 cm³/mol. The van der Waals surface area contributed by atoms with Crippen LogP contribution in [0.1, 0.15) is 109 Å². The van der Waals surface area contributed by atoms with Crippen LogP contribution in [-0.4, -0.2) is 36.6 Å². The molecule has 0 atom stereocenters. The number of alkyl halides is 2. The molecule has 0 aliphatic rings. The molecule has 0 radical (unpaired) electrons. The summed E-state index contributed by atoms with van der Waals surface area (Å²) in [5.74, 6) is 0. The highest BCUT2D eigenvalue weighted by Gasteiger charge is 2.36. The molecule has 0 aromatic heterocycles. The van der Waals surface area contributed by atoms with Crippen LogP contribution in [0.15, 0.2) is 0 Å². The van der Waals surface area contributed by atoms with Gasteiger partial charge in [-0.3, -0.25) is 0 Å². The zero-order chi connectivity index (χ0) is 20.9. The summed E-state index contributed by atoms with van der Waals surface area (Å²) in [6.07, 6.45) is 17.6. The summed E-state index contributed by atoms with van der Waals surface area (Å²) in [6, 6.07) is 0.909. The molecule has 0 fully saturated rings. The van der Waals surface area contributed by atoms with Crippen LogP contribution in [0.2, 0.25) is 6.04 Å². The van der Waals surface area contributed by atoms with E-state index in [9.17, 15) is 8.78 Å². The highest BCUT2D eigenvalue weighted by Crippen LogP contribution is 2.19. The Morgan fingerprint density at radius 3 is 1.07 bits per heavy atom. The van der Waals surface area contributed by atoms with Crippen molar-refractivity contribution in [3.8, 4) is 0 Å². The Bertz CT molecular complexity index is 308. The van der Waals surface area contributed by atoms with Crippen LogP contribution in [0.3, 0.4) is 0 Å². The lowest BCUT2D eigenvalue weighted by molar-refractivity contribution is 0.122. The fraction of sp³-hybridized carbons (Fsp3) is 1.00. The SMILES string of the molecule is CO[Si](CCCCCCCCCCCCCCCCCCC(F)F)(OC)OC. The summed E-state index contributed by atoms with van der Waals surface area (Å²) < 4.78 is 40.3. The Morgan fingerprint density at radius 1 is 0.500 bits per heavy atom. The summed E-state index contributed by atoms with van der Waals surface area (Å²) in [4.78, 5) is 0. The van der Waals surface area contributed by atoms with E-state index in [1.165, 1.54) is 77.0 Å². The Balaban J connectivity index is 3.20. The van der Waals surface area contributed by atoms with Gasteiger partial charge in [0.1, 0.15) is 0 Å². The molecule has 0 unspecified atom stereocenters. The third-order valence-corrected chi connectivity index (χ3v) is 8.42. The molecule has 0 N–H and O–H groups in total. The number of unbranched alkanes of at least 4 members (excludes halogenated alkanes) is 15. The van der Waals surface area contributed by atoms with Crippen LogP contribution in [-0.2, 0) is 13.3 Å². The molecule has 28 heavy (non-hydrogen) atoms. The number of rotatable bonds is 22. The van der Waals surface area contributed by atoms with Crippen molar-refractivity contribution in [2.45, 2.75) is 122 Å². The van der Waals surface area contributed by atoms with Crippen molar-refractivity contribution in [3.63, 3.8) is 0 Å². The van der Waals surface area contributed by atoms with E-state index in [1.807, 2.05) is 0 Å². The van der Waals surface area contributed by atoms with Gasteiger partial charge in [0.15, 0.2) is 0 Å². The van der Waals surface area contributed by atoms with Crippen LogP contribution in [0.4, 0.5) is 8.78 Å². The zero-order valence-corrected chi connectivity index (χ0v) is 19.8. The lowest BCUT2D eigenvalue weighted by Crippen LogP contribution is -2.42. The maximum Gasteiger partial charge on any atom is 0.500 e. The number of halogens is 2. The first-order valence-electron chi connectivity index (χ1n) is 11.5. The second kappa shape index (κ2) is 20.2. The van der Waals surface area contributed by atoms with E-state index >= 15 is 0 Å². The van der Waals surface area contributed by atoms with Crippen LogP contribution in [0, 0.1) is 0 Å². The van der Waals surface area contributed by atoms with Crippen molar-refractivity contribution in [2.24, 2.45) is 0 Å². The summed E-state index contributed by atoms with van der Waals surface area (Å²) >= 11 is 0. The fourth-order valence-corrected chi connectivity index (χ4v) is 5.47. The normalized spacial score (nSPS) is 12.2. The van der Waals surface area contributed by atoms with E-state index in [2.05, 4.69) is 0 Å². The number of hydrogen-bond acceptors (Lipinski definition) is 3. The average Bonchev–Trinajstić information content (AvgIpc) is 2.70. The van der Waals surface area contributed by atoms with Crippen molar-refractivity contribution >= 4 is 8.80 Å². The molecule has 0 aliphatic carbocycles. The van der Waals surface area contributed by atoms with Crippen LogP contribution in [0.5, 0.6) is 0 Å². The van der Waals surface area contributed by atoms with E-state index in [-0.39, 0.29) is 6.42 Å². The molecule has 0 spiro atoms. The Kier molecular flexibility index (Phi) is 20.2. The van der Waals surface area contributed by atoms with Crippen molar-refractivity contribution in [1.29, 1.82) is 0 Å². The molecule has 3 nitrogen and oxygen atoms in total. The molecular weight excluding hydrogens is 378 g/mol. The first kappa shape index (κ1) is 28.0. The summed E-state index contributed by atoms with van der Waals surface area (Å²) in [5, 5.41) is 0. The topological polar surface area (TPSA) is 27.7 Å². The van der Waals surface area contributed by atoms with Gasteiger partial charge in [0.2, 0.25) is 6.43 Å². The van der Waals surface area contributed by atoms with E-state index in [0.717, 1.165) is 25.3 Å². The highest BCUT2D eigenvalue weighted by molar-refractivity contribution is 6.60. The Morgan fingerprint density at radius 2 is 0.786 bits per heavy atom. The quantitative estimate of drug-likeness (QED) is 0.131. The molecule has 0 saturated carbocycles. The van der Waals surface area contributed by atoms with Gasteiger partial charge in [-0.15, -0.1) is 0 Å². The second-order valence-corrected chi connectivity index (χ2v) is 11.0. The molecule has 0 bridgehead atoms. The lowest BCUT2D eigenvalue weighted by atomic mass is 10.0. The second-order valence-electron chi connectivity index (χ2n) is 7.88. The minimum Gasteiger partial charge on any atom is -0.377 e. The summed E-state index contributed by atoms with van der Waals surface area (Å²) in [7, 11) is 2.68. The molecule has 0 saturated heterocycles. The van der Waals surface area contributed by atoms with Gasteiger partial charge in [0.05, 0.1) is 0 Å². The Labute approximate surface area is 174 Å². The van der Waals surface area contributed by atoms with E-state index < -0.39 is 15.2 Å². The maximum absolute atomic E-state index is 12.0. The molecule has 0 aliphatic heterocycles. The largest absolute Gasteiger partial charge is 0.500 e. The van der Waals surface area contributed by atoms with Gasteiger partial charge in [-0.05, 0) is 12.8 Å². The van der Waals surface area contributed by atoms with Crippen molar-refractivity contribution in [1.82, 2.24) is 0 Å². The highest BCUT2D eigenvalue weighted by atomic mass is 28.4. The third kappa shape index (κ3) is 16.9. The minimum atomic E-state index is -2.36. The standard InChI is InChI=1S/C22H46F2O3Si/c1-25-28(26-2,27-3)21-19-17-15-13-11-9-7-5-4-6-8-10-12-14-16-18-20-22(23)24/h22H,4-21H2,1-3H3.